The molecule has 55 heavy (non-hydrogen) atoms. The van der Waals surface area contributed by atoms with Crippen molar-refractivity contribution in [2.75, 3.05) is 0 Å². The van der Waals surface area contributed by atoms with Gasteiger partial charge in [-0.25, -0.2) is 9.97 Å². The van der Waals surface area contributed by atoms with Gasteiger partial charge in [0.1, 0.15) is 0 Å². The number of hydrogen-bond donors (Lipinski definition) is 0. The Balaban J connectivity index is 1.25. The standard InChI is InChI=1S/C50H27N3S2/c1-3-13-28(14-4-1)31-18-7-8-19-34(31)46-49-47(35-20-9-10-23-39(35)54-49)52-50(51-46)53-37-26-25-30-17-11-21-32-33-22-12-24-40-42(33)45-44(43(37)41(30)32)38(53)27-36(48(45)55-40)29-15-5-2-6-16-29/h1-27H. The summed E-state index contributed by atoms with van der Waals surface area (Å²) in [5, 5.41) is 8.91. The second kappa shape index (κ2) is 11.0. The summed E-state index contributed by atoms with van der Waals surface area (Å²) in [6, 6.07) is 59.5. The van der Waals surface area contributed by atoms with Gasteiger partial charge in [-0.2, -0.15) is 0 Å². The lowest BCUT2D eigenvalue weighted by molar-refractivity contribution is 1.02. The Bertz CT molecular complexity index is 3590. The van der Waals surface area contributed by atoms with Gasteiger partial charge in [0.15, 0.2) is 0 Å². The molecular weight excluding hydrogens is 707 g/mol. The van der Waals surface area contributed by atoms with Crippen LogP contribution in [0.25, 0.3) is 124 Å². The van der Waals surface area contributed by atoms with Crippen LogP contribution < -0.4 is 0 Å². The van der Waals surface area contributed by atoms with Gasteiger partial charge in [0.25, 0.3) is 0 Å². The van der Waals surface area contributed by atoms with E-state index in [4.69, 9.17) is 9.97 Å². The van der Waals surface area contributed by atoms with Gasteiger partial charge in [0.05, 0.1) is 26.9 Å². The Hall–Kier alpha value is -6.66. The van der Waals surface area contributed by atoms with E-state index in [1.165, 1.54) is 74.2 Å². The Morgan fingerprint density at radius 1 is 0.400 bits per heavy atom. The Morgan fingerprint density at radius 2 is 1.04 bits per heavy atom. The molecule has 1 aliphatic carbocycles. The first-order chi connectivity index (χ1) is 27.3. The summed E-state index contributed by atoms with van der Waals surface area (Å²) >= 11 is 3.69. The summed E-state index contributed by atoms with van der Waals surface area (Å²) in [7, 11) is 0. The minimum atomic E-state index is 0.685. The van der Waals surface area contributed by atoms with Gasteiger partial charge in [-0.3, -0.25) is 4.57 Å². The van der Waals surface area contributed by atoms with Crippen molar-refractivity contribution >= 4 is 95.7 Å². The first-order valence-corrected chi connectivity index (χ1v) is 20.2. The van der Waals surface area contributed by atoms with Crippen molar-refractivity contribution < 1.29 is 0 Å². The number of aromatic nitrogens is 3. The second-order valence-corrected chi connectivity index (χ2v) is 16.5. The third kappa shape index (κ3) is 3.98. The molecule has 4 aromatic heterocycles. The fourth-order valence-corrected chi connectivity index (χ4v) is 11.7. The largest absolute Gasteiger partial charge is 0.278 e. The highest BCUT2D eigenvalue weighted by Crippen LogP contribution is 2.54. The maximum Gasteiger partial charge on any atom is 0.235 e. The van der Waals surface area contributed by atoms with Crippen LogP contribution in [0, 0.1) is 0 Å². The quantitative estimate of drug-likeness (QED) is 0.180. The van der Waals surface area contributed by atoms with E-state index in [2.05, 4.69) is 168 Å². The van der Waals surface area contributed by atoms with Crippen LogP contribution >= 0.6 is 22.7 Å². The van der Waals surface area contributed by atoms with E-state index in [-0.39, 0.29) is 0 Å². The Kier molecular flexibility index (Phi) is 5.93. The zero-order valence-corrected chi connectivity index (χ0v) is 30.9. The summed E-state index contributed by atoms with van der Waals surface area (Å²) < 4.78 is 7.31. The van der Waals surface area contributed by atoms with Crippen LogP contribution in [-0.2, 0) is 0 Å². The lowest BCUT2D eigenvalue weighted by atomic mass is 9.95. The molecule has 0 bridgehead atoms. The summed E-state index contributed by atoms with van der Waals surface area (Å²) in [6.07, 6.45) is 0. The fraction of sp³-hybridized carbons (Fsp3) is 0. The van der Waals surface area contributed by atoms with Crippen molar-refractivity contribution in [1.29, 1.82) is 0 Å². The molecule has 254 valence electrons. The predicted octanol–water partition coefficient (Wildman–Crippen LogP) is 14.4. The highest BCUT2D eigenvalue weighted by atomic mass is 32.1. The molecule has 0 radical (unpaired) electrons. The minimum absolute atomic E-state index is 0.685. The molecule has 12 aromatic rings. The molecule has 0 spiro atoms. The normalized spacial score (nSPS) is 12.4. The highest BCUT2D eigenvalue weighted by molar-refractivity contribution is 7.27. The van der Waals surface area contributed by atoms with E-state index in [9.17, 15) is 0 Å². The zero-order chi connectivity index (χ0) is 35.8. The van der Waals surface area contributed by atoms with Crippen LogP contribution in [0.15, 0.2) is 164 Å². The van der Waals surface area contributed by atoms with Crippen molar-refractivity contribution in [2.45, 2.75) is 0 Å². The van der Waals surface area contributed by atoms with Crippen molar-refractivity contribution in [1.82, 2.24) is 14.5 Å². The van der Waals surface area contributed by atoms with Gasteiger partial charge in [-0.1, -0.05) is 140 Å². The Labute approximate surface area is 323 Å². The molecule has 4 heterocycles. The van der Waals surface area contributed by atoms with Crippen LogP contribution in [-0.4, -0.2) is 14.5 Å². The molecule has 0 atom stereocenters. The summed E-state index contributed by atoms with van der Waals surface area (Å²) in [6.45, 7) is 0. The van der Waals surface area contributed by atoms with Crippen LogP contribution in [0.1, 0.15) is 0 Å². The van der Waals surface area contributed by atoms with Gasteiger partial charge >= 0.3 is 0 Å². The van der Waals surface area contributed by atoms with Crippen LogP contribution in [0.5, 0.6) is 0 Å². The number of benzene rings is 8. The third-order valence-electron chi connectivity index (χ3n) is 11.6. The predicted molar refractivity (Wildman–Crippen MR) is 235 cm³/mol. The molecule has 1 aliphatic rings. The average molecular weight is 734 g/mol. The number of hydrogen-bond acceptors (Lipinski definition) is 4. The van der Waals surface area contributed by atoms with E-state index in [0.717, 1.165) is 43.5 Å². The number of thiophene rings is 2. The molecule has 3 nitrogen and oxygen atoms in total. The molecule has 13 rings (SSSR count). The third-order valence-corrected chi connectivity index (χ3v) is 13.9. The van der Waals surface area contributed by atoms with Crippen molar-refractivity contribution in [3.8, 4) is 50.6 Å². The van der Waals surface area contributed by atoms with Crippen molar-refractivity contribution in [3.63, 3.8) is 0 Å². The van der Waals surface area contributed by atoms with Gasteiger partial charge < -0.3 is 0 Å². The molecule has 8 aromatic carbocycles. The number of nitrogens with zero attached hydrogens (tertiary/aromatic N) is 3. The second-order valence-electron chi connectivity index (χ2n) is 14.4. The zero-order valence-electron chi connectivity index (χ0n) is 29.2. The first kappa shape index (κ1) is 29.8. The molecule has 0 N–H and O–H groups in total. The van der Waals surface area contributed by atoms with Crippen LogP contribution in [0.2, 0.25) is 0 Å². The number of rotatable bonds is 4. The molecular formula is C50H27N3S2. The van der Waals surface area contributed by atoms with Crippen LogP contribution in [0.4, 0.5) is 0 Å². The van der Waals surface area contributed by atoms with Gasteiger partial charge in [-0.15, -0.1) is 22.7 Å². The van der Waals surface area contributed by atoms with E-state index >= 15 is 0 Å². The molecule has 0 saturated carbocycles. The maximum atomic E-state index is 5.68. The SMILES string of the molecule is c1ccc(-c2ccccc2-c2nc(-n3c4ccc5cccc6c5c4c4c5c(sc7cccc-6c75)c(-c5ccccc5)cc43)nc3c2sc2ccccc23)cc1. The molecule has 0 amide bonds. The molecule has 5 heteroatoms. The monoisotopic (exact) mass is 733 g/mol. The van der Waals surface area contributed by atoms with E-state index in [1.54, 1.807) is 11.3 Å². The Morgan fingerprint density at radius 3 is 1.87 bits per heavy atom. The smallest absolute Gasteiger partial charge is 0.235 e. The maximum absolute atomic E-state index is 5.68. The van der Waals surface area contributed by atoms with Crippen molar-refractivity contribution in [3.05, 3.63) is 164 Å². The topological polar surface area (TPSA) is 30.7 Å². The van der Waals surface area contributed by atoms with Crippen molar-refractivity contribution in [2.24, 2.45) is 0 Å². The summed E-state index contributed by atoms with van der Waals surface area (Å²) in [5.74, 6) is 0.685. The van der Waals surface area contributed by atoms with E-state index < -0.39 is 0 Å². The van der Waals surface area contributed by atoms with Gasteiger partial charge in [0, 0.05) is 52.2 Å². The summed E-state index contributed by atoms with van der Waals surface area (Å²) in [5.41, 5.74) is 12.6. The number of fused-ring (bicyclic) bond motifs is 4. The molecule has 0 unspecified atom stereocenters. The van der Waals surface area contributed by atoms with E-state index in [1.807, 2.05) is 11.3 Å². The lowest BCUT2D eigenvalue weighted by Gasteiger charge is -2.14. The first-order valence-electron chi connectivity index (χ1n) is 18.6. The molecule has 0 fully saturated rings. The van der Waals surface area contributed by atoms with Gasteiger partial charge in [-0.05, 0) is 62.9 Å². The fourth-order valence-electron chi connectivity index (χ4n) is 9.26. The minimum Gasteiger partial charge on any atom is -0.278 e. The van der Waals surface area contributed by atoms with Gasteiger partial charge in [0.2, 0.25) is 5.95 Å². The summed E-state index contributed by atoms with van der Waals surface area (Å²) in [4.78, 5) is 11.3. The lowest BCUT2D eigenvalue weighted by Crippen LogP contribution is -2.03. The van der Waals surface area contributed by atoms with E-state index in [0.29, 0.717) is 5.95 Å². The molecule has 0 aliphatic heterocycles. The average Bonchev–Trinajstić information content (AvgIpc) is 3.90. The molecule has 0 saturated heterocycles. The van der Waals surface area contributed by atoms with Crippen LogP contribution in [0.3, 0.4) is 0 Å². The highest BCUT2D eigenvalue weighted by Gasteiger charge is 2.29.